The maximum atomic E-state index is 12.1. The van der Waals surface area contributed by atoms with E-state index < -0.39 is 11.0 Å². The second-order valence-electron chi connectivity index (χ2n) is 4.15. The normalized spacial score (nSPS) is 19.0. The molecule has 0 bridgehead atoms. The molecule has 1 fully saturated rings. The molecule has 0 saturated carbocycles. The number of aliphatic hydroxyl groups is 1. The SMILES string of the molecule is O=C(c1cc(Cl)cc([N+](=O)[O-])c1)N1CCC(O)C1. The van der Waals surface area contributed by atoms with Crippen LogP contribution in [0.3, 0.4) is 0 Å². The van der Waals surface area contributed by atoms with Crippen molar-refractivity contribution in [2.24, 2.45) is 0 Å². The third kappa shape index (κ3) is 2.60. The van der Waals surface area contributed by atoms with Crippen LogP contribution in [0.1, 0.15) is 16.8 Å². The standard InChI is InChI=1S/C11H11ClN2O4/c12-8-3-7(4-9(5-8)14(17)18)11(16)13-2-1-10(15)6-13/h3-5,10,15H,1-2,6H2. The number of benzene rings is 1. The summed E-state index contributed by atoms with van der Waals surface area (Å²) in [6.45, 7) is 0.694. The van der Waals surface area contributed by atoms with Crippen molar-refractivity contribution in [3.8, 4) is 0 Å². The molecule has 1 N–H and O–H groups in total. The predicted molar refractivity (Wildman–Crippen MR) is 64.6 cm³/mol. The Morgan fingerprint density at radius 2 is 2.22 bits per heavy atom. The molecule has 6 nitrogen and oxygen atoms in total. The fourth-order valence-corrected chi connectivity index (χ4v) is 2.14. The highest BCUT2D eigenvalue weighted by molar-refractivity contribution is 6.31. The molecule has 1 aromatic rings. The smallest absolute Gasteiger partial charge is 0.271 e. The number of carbonyl (C=O) groups is 1. The van der Waals surface area contributed by atoms with Crippen LogP contribution in [-0.4, -0.2) is 40.0 Å². The maximum absolute atomic E-state index is 12.1. The minimum atomic E-state index is -0.596. The number of hydrogen-bond acceptors (Lipinski definition) is 4. The molecule has 0 spiro atoms. The highest BCUT2D eigenvalue weighted by Crippen LogP contribution is 2.23. The number of non-ortho nitro benzene ring substituents is 1. The Balaban J connectivity index is 2.27. The molecular weight excluding hydrogens is 260 g/mol. The summed E-state index contributed by atoms with van der Waals surface area (Å²) in [7, 11) is 0. The van der Waals surface area contributed by atoms with Gasteiger partial charge in [0, 0.05) is 35.8 Å². The highest BCUT2D eigenvalue weighted by Gasteiger charge is 2.26. The molecule has 1 aromatic carbocycles. The second-order valence-corrected chi connectivity index (χ2v) is 4.59. The summed E-state index contributed by atoms with van der Waals surface area (Å²) in [4.78, 5) is 23.6. The monoisotopic (exact) mass is 270 g/mol. The first-order valence-electron chi connectivity index (χ1n) is 5.39. The average Bonchev–Trinajstić information content (AvgIpc) is 2.74. The highest BCUT2D eigenvalue weighted by atomic mass is 35.5. The van der Waals surface area contributed by atoms with Crippen molar-refractivity contribution in [3.05, 3.63) is 38.9 Å². The third-order valence-electron chi connectivity index (χ3n) is 2.79. The van der Waals surface area contributed by atoms with Crippen molar-refractivity contribution in [3.63, 3.8) is 0 Å². The Morgan fingerprint density at radius 1 is 1.50 bits per heavy atom. The molecular formula is C11H11ClN2O4. The molecule has 2 rings (SSSR count). The summed E-state index contributed by atoms with van der Waals surface area (Å²) >= 11 is 5.75. The number of nitrogens with zero attached hydrogens (tertiary/aromatic N) is 2. The summed E-state index contributed by atoms with van der Waals surface area (Å²) in [6, 6.07) is 3.78. The van der Waals surface area contributed by atoms with Gasteiger partial charge >= 0.3 is 0 Å². The Labute approximate surface area is 108 Å². The van der Waals surface area contributed by atoms with E-state index in [1.54, 1.807) is 0 Å². The molecule has 7 heteroatoms. The van der Waals surface area contributed by atoms with Crippen LogP contribution in [0.15, 0.2) is 18.2 Å². The lowest BCUT2D eigenvalue weighted by molar-refractivity contribution is -0.384. The van der Waals surface area contributed by atoms with E-state index in [2.05, 4.69) is 0 Å². The van der Waals surface area contributed by atoms with E-state index in [0.29, 0.717) is 13.0 Å². The van der Waals surface area contributed by atoms with Gasteiger partial charge in [0.15, 0.2) is 0 Å². The fourth-order valence-electron chi connectivity index (χ4n) is 1.91. The first kappa shape index (κ1) is 12.8. The molecule has 0 radical (unpaired) electrons. The molecule has 0 aromatic heterocycles. The maximum Gasteiger partial charge on any atom is 0.271 e. The number of amides is 1. The van der Waals surface area contributed by atoms with Crippen LogP contribution in [0.4, 0.5) is 5.69 Å². The van der Waals surface area contributed by atoms with Crippen LogP contribution in [0.25, 0.3) is 0 Å². The van der Waals surface area contributed by atoms with Gasteiger partial charge in [-0.15, -0.1) is 0 Å². The summed E-state index contributed by atoms with van der Waals surface area (Å²) in [5.41, 5.74) is -0.0473. The van der Waals surface area contributed by atoms with Crippen LogP contribution >= 0.6 is 11.6 Å². The van der Waals surface area contributed by atoms with Crippen molar-refractivity contribution in [2.45, 2.75) is 12.5 Å². The van der Waals surface area contributed by atoms with Gasteiger partial charge in [0.1, 0.15) is 0 Å². The van der Waals surface area contributed by atoms with Crippen LogP contribution in [0, 0.1) is 10.1 Å². The molecule has 1 atom stereocenters. The minimum absolute atomic E-state index is 0.146. The zero-order chi connectivity index (χ0) is 13.3. The van der Waals surface area contributed by atoms with E-state index in [9.17, 15) is 20.0 Å². The van der Waals surface area contributed by atoms with Gasteiger partial charge in [-0.1, -0.05) is 11.6 Å². The molecule has 18 heavy (non-hydrogen) atoms. The van der Waals surface area contributed by atoms with Crippen molar-refractivity contribution in [2.75, 3.05) is 13.1 Å². The quantitative estimate of drug-likeness (QED) is 0.651. The van der Waals surface area contributed by atoms with Crippen LogP contribution in [-0.2, 0) is 0 Å². The van der Waals surface area contributed by atoms with Crippen LogP contribution in [0.2, 0.25) is 5.02 Å². The second kappa shape index (κ2) is 4.91. The Kier molecular flexibility index (Phi) is 3.49. The third-order valence-corrected chi connectivity index (χ3v) is 3.01. The largest absolute Gasteiger partial charge is 0.391 e. The van der Waals surface area contributed by atoms with E-state index in [-0.39, 0.29) is 28.7 Å². The lowest BCUT2D eigenvalue weighted by Crippen LogP contribution is -2.29. The number of rotatable bonds is 2. The lowest BCUT2D eigenvalue weighted by Gasteiger charge is -2.15. The van der Waals surface area contributed by atoms with Gasteiger partial charge in [-0.3, -0.25) is 14.9 Å². The molecule has 1 unspecified atom stereocenters. The first-order chi connectivity index (χ1) is 8.47. The van der Waals surface area contributed by atoms with E-state index in [1.807, 2.05) is 0 Å². The Morgan fingerprint density at radius 3 is 2.78 bits per heavy atom. The predicted octanol–water partition coefficient (Wildman–Crippen LogP) is 1.45. The van der Waals surface area contributed by atoms with Crippen LogP contribution < -0.4 is 0 Å². The van der Waals surface area contributed by atoms with Gasteiger partial charge in [-0.2, -0.15) is 0 Å². The number of aliphatic hydroxyl groups excluding tert-OH is 1. The number of hydrogen-bond donors (Lipinski definition) is 1. The number of nitro benzene ring substituents is 1. The molecule has 1 aliphatic rings. The van der Waals surface area contributed by atoms with Gasteiger partial charge in [-0.25, -0.2) is 0 Å². The summed E-state index contributed by atoms with van der Waals surface area (Å²) < 4.78 is 0. The Bertz CT molecular complexity index is 506. The van der Waals surface area contributed by atoms with Gasteiger partial charge in [-0.05, 0) is 12.5 Å². The number of β-amino-alcohol motifs (C(OH)–C–C–N with tert-alkyl or cyclic N) is 1. The lowest BCUT2D eigenvalue weighted by atomic mass is 10.2. The van der Waals surface area contributed by atoms with Gasteiger partial charge in [0.25, 0.3) is 11.6 Å². The van der Waals surface area contributed by atoms with Gasteiger partial charge in [0.2, 0.25) is 0 Å². The van der Waals surface area contributed by atoms with Crippen molar-refractivity contribution < 1.29 is 14.8 Å². The zero-order valence-electron chi connectivity index (χ0n) is 9.38. The summed E-state index contributed by atoms with van der Waals surface area (Å²) in [6.07, 6.45) is -0.00267. The van der Waals surface area contributed by atoms with E-state index >= 15 is 0 Å². The molecule has 1 saturated heterocycles. The molecule has 1 aliphatic heterocycles. The summed E-state index contributed by atoms with van der Waals surface area (Å²) in [5.74, 6) is -0.350. The molecule has 0 aliphatic carbocycles. The number of nitro groups is 1. The van der Waals surface area contributed by atoms with Crippen molar-refractivity contribution >= 4 is 23.2 Å². The first-order valence-corrected chi connectivity index (χ1v) is 5.77. The summed E-state index contributed by atoms with van der Waals surface area (Å²) in [5, 5.41) is 20.2. The van der Waals surface area contributed by atoms with E-state index in [1.165, 1.54) is 23.1 Å². The zero-order valence-corrected chi connectivity index (χ0v) is 10.1. The van der Waals surface area contributed by atoms with Gasteiger partial charge < -0.3 is 10.0 Å². The molecule has 1 heterocycles. The van der Waals surface area contributed by atoms with Crippen molar-refractivity contribution in [1.82, 2.24) is 4.90 Å². The topological polar surface area (TPSA) is 83.7 Å². The van der Waals surface area contributed by atoms with Gasteiger partial charge in [0.05, 0.1) is 11.0 Å². The minimum Gasteiger partial charge on any atom is -0.391 e. The van der Waals surface area contributed by atoms with Crippen molar-refractivity contribution in [1.29, 1.82) is 0 Å². The van der Waals surface area contributed by atoms with E-state index in [4.69, 9.17) is 11.6 Å². The average molecular weight is 271 g/mol. The Hall–Kier alpha value is -1.66. The fraction of sp³-hybridized carbons (Fsp3) is 0.364. The molecule has 1 amide bonds. The number of carbonyl (C=O) groups excluding carboxylic acids is 1. The molecule has 96 valence electrons. The van der Waals surface area contributed by atoms with Crippen LogP contribution in [0.5, 0.6) is 0 Å². The number of likely N-dealkylation sites (tertiary alicyclic amines) is 1. The van der Waals surface area contributed by atoms with E-state index in [0.717, 1.165) is 0 Å². The number of halogens is 1.